The Labute approximate surface area is 123 Å². The zero-order chi connectivity index (χ0) is 15.4. The van der Waals surface area contributed by atoms with Crippen LogP contribution in [0, 0.1) is 24.1 Å². The quantitative estimate of drug-likeness (QED) is 0.933. The van der Waals surface area contributed by atoms with E-state index in [0.717, 1.165) is 11.1 Å². The summed E-state index contributed by atoms with van der Waals surface area (Å²) in [5.74, 6) is 0.260. The summed E-state index contributed by atoms with van der Waals surface area (Å²) in [7, 11) is 0. The summed E-state index contributed by atoms with van der Waals surface area (Å²) in [5.41, 5.74) is 8.59. The summed E-state index contributed by atoms with van der Waals surface area (Å²) in [6.45, 7) is 3.88. The Balaban J connectivity index is 2.24. The lowest BCUT2D eigenvalue weighted by molar-refractivity contribution is 0.295. The first kappa shape index (κ1) is 15.0. The molecule has 0 aliphatic rings. The monoisotopic (exact) mass is 284 g/mol. The van der Waals surface area contributed by atoms with E-state index >= 15 is 0 Å². The molecule has 0 unspecified atom stereocenters. The molecule has 2 aromatic carbocycles. The molecule has 0 aliphatic carbocycles. The molecule has 21 heavy (non-hydrogen) atoms. The molecule has 0 aliphatic heterocycles. The van der Waals surface area contributed by atoms with E-state index in [-0.39, 0.29) is 18.5 Å². The maximum Gasteiger partial charge on any atom is 0.129 e. The van der Waals surface area contributed by atoms with Gasteiger partial charge in [-0.3, -0.25) is 0 Å². The van der Waals surface area contributed by atoms with E-state index in [1.165, 1.54) is 18.2 Å². The van der Waals surface area contributed by atoms with Gasteiger partial charge in [0.2, 0.25) is 0 Å². The van der Waals surface area contributed by atoms with Gasteiger partial charge in [0, 0.05) is 17.2 Å². The summed E-state index contributed by atoms with van der Waals surface area (Å²) in [4.78, 5) is 0. The van der Waals surface area contributed by atoms with Gasteiger partial charge in [0.15, 0.2) is 0 Å². The third kappa shape index (κ3) is 3.59. The molecule has 0 heterocycles. The van der Waals surface area contributed by atoms with Crippen molar-refractivity contribution in [3.63, 3.8) is 0 Å². The van der Waals surface area contributed by atoms with E-state index in [9.17, 15) is 4.39 Å². The molecule has 0 spiro atoms. The van der Waals surface area contributed by atoms with Gasteiger partial charge in [-0.05, 0) is 43.7 Å². The number of rotatable bonds is 4. The van der Waals surface area contributed by atoms with Crippen molar-refractivity contribution in [1.29, 1.82) is 5.26 Å². The second-order valence-electron chi connectivity index (χ2n) is 5.04. The fraction of sp³-hybridized carbons (Fsp3) is 0.235. The number of hydrogen-bond donors (Lipinski definition) is 1. The van der Waals surface area contributed by atoms with E-state index in [0.29, 0.717) is 16.9 Å². The van der Waals surface area contributed by atoms with Gasteiger partial charge < -0.3 is 10.5 Å². The lowest BCUT2D eigenvalue weighted by Gasteiger charge is -2.15. The Kier molecular flexibility index (Phi) is 4.56. The molecule has 0 bridgehead atoms. The fourth-order valence-electron chi connectivity index (χ4n) is 2.05. The highest BCUT2D eigenvalue weighted by molar-refractivity contribution is 5.39. The van der Waals surface area contributed by atoms with Crippen LogP contribution in [0.3, 0.4) is 0 Å². The van der Waals surface area contributed by atoms with Gasteiger partial charge in [0.05, 0.1) is 11.6 Å². The third-order valence-corrected chi connectivity index (χ3v) is 3.22. The lowest BCUT2D eigenvalue weighted by Crippen LogP contribution is -2.09. The zero-order valence-electron chi connectivity index (χ0n) is 12.1. The normalized spacial score (nSPS) is 11.8. The Morgan fingerprint density at radius 3 is 2.71 bits per heavy atom. The van der Waals surface area contributed by atoms with Crippen LogP contribution in [0.4, 0.5) is 4.39 Å². The molecule has 0 saturated heterocycles. The number of aryl methyl sites for hydroxylation is 1. The topological polar surface area (TPSA) is 59.0 Å². The predicted octanol–water partition coefficient (Wildman–Crippen LogP) is 3.60. The van der Waals surface area contributed by atoms with Crippen LogP contribution in [0.1, 0.15) is 35.2 Å². The Hall–Kier alpha value is -2.38. The van der Waals surface area contributed by atoms with Gasteiger partial charge in [0.1, 0.15) is 18.2 Å². The SMILES string of the molecule is Cc1ccc([C@@H](C)N)c(OCc2cc(C#N)ccc2F)c1. The molecular weight excluding hydrogens is 267 g/mol. The first-order valence-corrected chi connectivity index (χ1v) is 6.68. The van der Waals surface area contributed by atoms with Crippen LogP contribution in [0.15, 0.2) is 36.4 Å². The van der Waals surface area contributed by atoms with E-state index in [4.69, 9.17) is 15.7 Å². The van der Waals surface area contributed by atoms with Crippen molar-refractivity contribution < 1.29 is 9.13 Å². The van der Waals surface area contributed by atoms with Crippen LogP contribution in [0.2, 0.25) is 0 Å². The zero-order valence-corrected chi connectivity index (χ0v) is 12.1. The molecule has 3 nitrogen and oxygen atoms in total. The van der Waals surface area contributed by atoms with Crippen molar-refractivity contribution in [2.45, 2.75) is 26.5 Å². The maximum absolute atomic E-state index is 13.7. The van der Waals surface area contributed by atoms with E-state index in [2.05, 4.69) is 0 Å². The highest BCUT2D eigenvalue weighted by Gasteiger charge is 2.10. The van der Waals surface area contributed by atoms with Crippen LogP contribution in [-0.2, 0) is 6.61 Å². The van der Waals surface area contributed by atoms with Crippen LogP contribution >= 0.6 is 0 Å². The number of ether oxygens (including phenoxy) is 1. The molecule has 2 aromatic rings. The van der Waals surface area contributed by atoms with Crippen LogP contribution in [0.25, 0.3) is 0 Å². The van der Waals surface area contributed by atoms with E-state index in [1.807, 2.05) is 38.1 Å². The molecule has 2 N–H and O–H groups in total. The summed E-state index contributed by atoms with van der Waals surface area (Å²) in [5, 5.41) is 8.86. The largest absolute Gasteiger partial charge is 0.488 e. The molecule has 0 aromatic heterocycles. The predicted molar refractivity (Wildman–Crippen MR) is 79.2 cm³/mol. The lowest BCUT2D eigenvalue weighted by atomic mass is 10.1. The summed E-state index contributed by atoms with van der Waals surface area (Å²) in [6.07, 6.45) is 0. The second kappa shape index (κ2) is 6.38. The second-order valence-corrected chi connectivity index (χ2v) is 5.04. The molecule has 2 rings (SSSR count). The van der Waals surface area contributed by atoms with Crippen LogP contribution < -0.4 is 10.5 Å². The third-order valence-electron chi connectivity index (χ3n) is 3.22. The van der Waals surface area contributed by atoms with Gasteiger partial charge in [-0.2, -0.15) is 5.26 Å². The van der Waals surface area contributed by atoms with Crippen molar-refractivity contribution in [2.24, 2.45) is 5.73 Å². The van der Waals surface area contributed by atoms with Gasteiger partial charge in [-0.25, -0.2) is 4.39 Å². The minimum atomic E-state index is -0.385. The van der Waals surface area contributed by atoms with E-state index < -0.39 is 0 Å². The van der Waals surface area contributed by atoms with Crippen molar-refractivity contribution in [1.82, 2.24) is 0 Å². The van der Waals surface area contributed by atoms with Crippen molar-refractivity contribution in [3.05, 3.63) is 64.5 Å². The van der Waals surface area contributed by atoms with Gasteiger partial charge in [-0.1, -0.05) is 12.1 Å². The van der Waals surface area contributed by atoms with Crippen molar-refractivity contribution in [3.8, 4) is 11.8 Å². The summed E-state index contributed by atoms with van der Waals surface area (Å²) < 4.78 is 19.4. The van der Waals surface area contributed by atoms with E-state index in [1.54, 1.807) is 0 Å². The van der Waals surface area contributed by atoms with Crippen molar-refractivity contribution in [2.75, 3.05) is 0 Å². The highest BCUT2D eigenvalue weighted by atomic mass is 19.1. The molecule has 1 atom stereocenters. The summed E-state index contributed by atoms with van der Waals surface area (Å²) >= 11 is 0. The average molecular weight is 284 g/mol. The highest BCUT2D eigenvalue weighted by Crippen LogP contribution is 2.26. The Morgan fingerprint density at radius 1 is 1.29 bits per heavy atom. The fourth-order valence-corrected chi connectivity index (χ4v) is 2.05. The van der Waals surface area contributed by atoms with Crippen LogP contribution in [-0.4, -0.2) is 0 Å². The number of benzene rings is 2. The molecule has 0 saturated carbocycles. The number of halogens is 1. The van der Waals surface area contributed by atoms with Gasteiger partial charge in [-0.15, -0.1) is 0 Å². The first-order chi connectivity index (χ1) is 10.0. The molecule has 108 valence electrons. The number of nitrogens with zero attached hydrogens (tertiary/aromatic N) is 1. The molecular formula is C17H17FN2O. The van der Waals surface area contributed by atoms with Crippen LogP contribution in [0.5, 0.6) is 5.75 Å². The average Bonchev–Trinajstić information content (AvgIpc) is 2.46. The molecule has 0 amide bonds. The van der Waals surface area contributed by atoms with Crippen molar-refractivity contribution >= 4 is 0 Å². The number of nitriles is 1. The standard InChI is InChI=1S/C17H17FN2O/c1-11-3-5-15(12(2)20)17(7-11)21-10-14-8-13(9-19)4-6-16(14)18/h3-8,12H,10,20H2,1-2H3/t12-/m1/s1. The maximum atomic E-state index is 13.7. The minimum absolute atomic E-state index is 0.0600. The first-order valence-electron chi connectivity index (χ1n) is 6.68. The molecule has 0 fully saturated rings. The molecule has 4 heteroatoms. The van der Waals surface area contributed by atoms with Gasteiger partial charge in [0.25, 0.3) is 0 Å². The summed E-state index contributed by atoms with van der Waals surface area (Å²) in [6, 6.07) is 11.8. The number of hydrogen-bond acceptors (Lipinski definition) is 3. The Morgan fingerprint density at radius 2 is 2.05 bits per heavy atom. The molecule has 0 radical (unpaired) electrons. The smallest absolute Gasteiger partial charge is 0.129 e. The van der Waals surface area contributed by atoms with Gasteiger partial charge >= 0.3 is 0 Å². The number of nitrogens with two attached hydrogens (primary N) is 1. The Bertz CT molecular complexity index is 690. The minimum Gasteiger partial charge on any atom is -0.488 e.